The predicted molar refractivity (Wildman–Crippen MR) is 133 cm³/mol. The number of nitrogens with two attached hydrogens (primary N) is 1. The van der Waals surface area contributed by atoms with E-state index in [4.69, 9.17) is 10.5 Å². The number of rotatable bonds is 9. The molecule has 0 bridgehead atoms. The van der Waals surface area contributed by atoms with Gasteiger partial charge in [-0.15, -0.1) is 0 Å². The first-order chi connectivity index (χ1) is 16.5. The lowest BCUT2D eigenvalue weighted by atomic mass is 9.97. The first kappa shape index (κ1) is 24.0. The van der Waals surface area contributed by atoms with Gasteiger partial charge in [-0.2, -0.15) is 0 Å². The lowest BCUT2D eigenvalue weighted by Gasteiger charge is -2.26. The number of aromatic nitrogens is 2. The molecule has 1 aromatic carbocycles. The van der Waals surface area contributed by atoms with E-state index in [1.54, 1.807) is 0 Å². The molecule has 1 fully saturated rings. The van der Waals surface area contributed by atoms with E-state index < -0.39 is 11.2 Å². The third kappa shape index (κ3) is 5.86. The van der Waals surface area contributed by atoms with Gasteiger partial charge in [0.15, 0.2) is 5.69 Å². The Hall–Kier alpha value is -3.13. The summed E-state index contributed by atoms with van der Waals surface area (Å²) in [4.78, 5) is 42.8. The van der Waals surface area contributed by atoms with Crippen LogP contribution in [0.3, 0.4) is 0 Å². The molecule has 0 spiro atoms. The van der Waals surface area contributed by atoms with Gasteiger partial charge >= 0.3 is 5.69 Å². The molecule has 34 heavy (non-hydrogen) atoms. The van der Waals surface area contributed by atoms with Gasteiger partial charge in [0, 0.05) is 19.6 Å². The van der Waals surface area contributed by atoms with Crippen LogP contribution in [0.25, 0.3) is 0 Å². The number of carbonyl (C=O) groups is 1. The van der Waals surface area contributed by atoms with Gasteiger partial charge in [0.1, 0.15) is 5.82 Å². The average Bonchev–Trinajstić information content (AvgIpc) is 3.37. The molecule has 1 saturated heterocycles. The molecule has 1 unspecified atom stereocenters. The third-order valence-corrected chi connectivity index (χ3v) is 6.71. The number of aromatic amines is 1. The van der Waals surface area contributed by atoms with Crippen LogP contribution in [0, 0.1) is 0 Å². The summed E-state index contributed by atoms with van der Waals surface area (Å²) in [5, 5.41) is 0. The molecule has 8 nitrogen and oxygen atoms in total. The summed E-state index contributed by atoms with van der Waals surface area (Å²) in [5.41, 5.74) is 7.43. The number of nitrogens with one attached hydrogen (secondary N) is 1. The first-order valence-electron chi connectivity index (χ1n) is 12.3. The van der Waals surface area contributed by atoms with E-state index in [9.17, 15) is 14.4 Å². The van der Waals surface area contributed by atoms with Crippen molar-refractivity contribution in [1.82, 2.24) is 9.55 Å². The fraction of sp³-hybridized carbons (Fsp3) is 0.500. The SMILES string of the molecule is Nc1c(N(CCC2=CCCCC2)C(=O)CCC2CCCO2)c(=O)[nH]c(=O)n1Cc1ccccc1. The number of hydrogen-bond acceptors (Lipinski definition) is 5. The molecule has 3 N–H and O–H groups in total. The Morgan fingerprint density at radius 1 is 1.18 bits per heavy atom. The maximum atomic E-state index is 13.4. The van der Waals surface area contributed by atoms with E-state index >= 15 is 0 Å². The van der Waals surface area contributed by atoms with E-state index in [-0.39, 0.29) is 36.5 Å². The highest BCUT2D eigenvalue weighted by atomic mass is 16.5. The monoisotopic (exact) mass is 466 g/mol. The van der Waals surface area contributed by atoms with Gasteiger partial charge < -0.3 is 15.4 Å². The number of hydrogen-bond donors (Lipinski definition) is 2. The molecular weight excluding hydrogens is 432 g/mol. The fourth-order valence-electron chi connectivity index (χ4n) is 4.80. The van der Waals surface area contributed by atoms with Gasteiger partial charge in [-0.1, -0.05) is 42.0 Å². The van der Waals surface area contributed by atoms with Crippen molar-refractivity contribution in [1.29, 1.82) is 0 Å². The van der Waals surface area contributed by atoms with Crippen LogP contribution in [0.1, 0.15) is 63.4 Å². The van der Waals surface area contributed by atoms with E-state index in [1.165, 1.54) is 21.5 Å². The smallest absolute Gasteiger partial charge is 0.330 e. The molecule has 2 aliphatic rings. The summed E-state index contributed by atoms with van der Waals surface area (Å²) < 4.78 is 7.00. The Kier molecular flexibility index (Phi) is 8.00. The highest BCUT2D eigenvalue weighted by Crippen LogP contribution is 2.25. The van der Waals surface area contributed by atoms with Crippen molar-refractivity contribution in [3.05, 3.63) is 68.4 Å². The molecule has 1 atom stereocenters. The number of amides is 1. The number of nitrogen functional groups attached to an aromatic ring is 1. The Morgan fingerprint density at radius 2 is 2.00 bits per heavy atom. The Bertz CT molecular complexity index is 1130. The maximum absolute atomic E-state index is 13.4. The van der Waals surface area contributed by atoms with Gasteiger partial charge in [-0.3, -0.25) is 19.1 Å². The highest BCUT2D eigenvalue weighted by molar-refractivity contribution is 5.95. The average molecular weight is 467 g/mol. The normalized spacial score (nSPS) is 18.0. The minimum Gasteiger partial charge on any atom is -0.383 e. The second-order valence-electron chi connectivity index (χ2n) is 9.14. The van der Waals surface area contributed by atoms with Crippen molar-refractivity contribution in [2.24, 2.45) is 0 Å². The van der Waals surface area contributed by atoms with Crippen molar-refractivity contribution in [2.75, 3.05) is 23.8 Å². The van der Waals surface area contributed by atoms with E-state index in [0.717, 1.165) is 44.3 Å². The number of allylic oxidation sites excluding steroid dienone is 1. The Labute approximate surface area is 199 Å². The van der Waals surface area contributed by atoms with Crippen LogP contribution in [-0.2, 0) is 16.1 Å². The molecule has 1 aliphatic carbocycles. The standard InChI is InChI=1S/C26H34N4O4/c27-24-23(25(32)28-26(33)30(24)18-20-10-5-2-6-11-20)29(16-15-19-8-3-1-4-9-19)22(31)14-13-21-12-7-17-34-21/h2,5-6,8,10-11,21H,1,3-4,7,9,12-18,27H2,(H,28,32,33). The number of benzene rings is 1. The first-order valence-corrected chi connectivity index (χ1v) is 12.3. The minimum absolute atomic E-state index is 0.0145. The van der Waals surface area contributed by atoms with E-state index in [2.05, 4.69) is 11.1 Å². The lowest BCUT2D eigenvalue weighted by molar-refractivity contribution is -0.119. The topological polar surface area (TPSA) is 110 Å². The molecule has 8 heteroatoms. The summed E-state index contributed by atoms with van der Waals surface area (Å²) >= 11 is 0. The van der Waals surface area contributed by atoms with Crippen LogP contribution in [-0.4, -0.2) is 34.7 Å². The quantitative estimate of drug-likeness (QED) is 0.551. The summed E-state index contributed by atoms with van der Waals surface area (Å²) in [6.45, 7) is 1.29. The fourth-order valence-corrected chi connectivity index (χ4v) is 4.80. The summed E-state index contributed by atoms with van der Waals surface area (Å²) in [7, 11) is 0. The van der Waals surface area contributed by atoms with Crippen molar-refractivity contribution in [2.45, 2.75) is 70.4 Å². The third-order valence-electron chi connectivity index (χ3n) is 6.71. The van der Waals surface area contributed by atoms with Crippen molar-refractivity contribution in [3.8, 4) is 0 Å². The number of H-pyrrole nitrogens is 1. The molecule has 1 amide bonds. The maximum Gasteiger partial charge on any atom is 0.330 e. The predicted octanol–water partition coefficient (Wildman–Crippen LogP) is 3.35. The number of anilines is 2. The zero-order valence-corrected chi connectivity index (χ0v) is 19.6. The zero-order valence-electron chi connectivity index (χ0n) is 19.6. The van der Waals surface area contributed by atoms with Gasteiger partial charge in [0.05, 0.1) is 12.6 Å². The molecule has 2 heterocycles. The van der Waals surface area contributed by atoms with Gasteiger partial charge in [0.25, 0.3) is 5.56 Å². The van der Waals surface area contributed by atoms with Crippen molar-refractivity contribution in [3.63, 3.8) is 0 Å². The number of carbonyl (C=O) groups excluding carboxylic acids is 1. The van der Waals surface area contributed by atoms with Crippen LogP contribution in [0.2, 0.25) is 0 Å². The van der Waals surface area contributed by atoms with Gasteiger partial charge in [0.2, 0.25) is 5.91 Å². The molecular formula is C26H34N4O4. The summed E-state index contributed by atoms with van der Waals surface area (Å²) in [6, 6.07) is 9.42. The number of nitrogens with zero attached hydrogens (tertiary/aromatic N) is 2. The summed E-state index contributed by atoms with van der Waals surface area (Å²) in [6.07, 6.45) is 10.2. The molecule has 4 rings (SSSR count). The van der Waals surface area contributed by atoms with Crippen LogP contribution < -0.4 is 21.9 Å². The van der Waals surface area contributed by atoms with Crippen molar-refractivity contribution >= 4 is 17.4 Å². The highest BCUT2D eigenvalue weighted by Gasteiger charge is 2.26. The van der Waals surface area contributed by atoms with E-state index in [1.807, 2.05) is 30.3 Å². The van der Waals surface area contributed by atoms with E-state index in [0.29, 0.717) is 19.4 Å². The minimum atomic E-state index is -0.630. The van der Waals surface area contributed by atoms with Crippen molar-refractivity contribution < 1.29 is 9.53 Å². The number of ether oxygens (including phenoxy) is 1. The van der Waals surface area contributed by atoms with Gasteiger partial charge in [-0.25, -0.2) is 4.79 Å². The molecule has 1 aromatic heterocycles. The van der Waals surface area contributed by atoms with Crippen LogP contribution in [0.15, 0.2) is 51.6 Å². The van der Waals surface area contributed by atoms with Gasteiger partial charge in [-0.05, 0) is 56.9 Å². The molecule has 2 aromatic rings. The Balaban J connectivity index is 1.63. The second-order valence-corrected chi connectivity index (χ2v) is 9.14. The molecule has 1 aliphatic heterocycles. The zero-order chi connectivity index (χ0) is 23.9. The molecule has 0 radical (unpaired) electrons. The lowest BCUT2D eigenvalue weighted by Crippen LogP contribution is -2.42. The molecule has 0 saturated carbocycles. The van der Waals surface area contributed by atoms with Crippen LogP contribution >= 0.6 is 0 Å². The van der Waals surface area contributed by atoms with Crippen LogP contribution in [0.5, 0.6) is 0 Å². The molecule has 182 valence electrons. The van der Waals surface area contributed by atoms with Crippen LogP contribution in [0.4, 0.5) is 11.5 Å². The summed E-state index contributed by atoms with van der Waals surface area (Å²) in [5.74, 6) is -0.158. The Morgan fingerprint density at radius 3 is 2.71 bits per heavy atom. The second kappa shape index (κ2) is 11.3. The largest absolute Gasteiger partial charge is 0.383 e.